The maximum atomic E-state index is 12.5. The number of rotatable bonds is 9. The van der Waals surface area contributed by atoms with Crippen LogP contribution in [0.4, 0.5) is 11.4 Å². The molecule has 0 atom stereocenters. The van der Waals surface area contributed by atoms with Crippen molar-refractivity contribution in [3.63, 3.8) is 0 Å². The molecule has 2 aromatic carbocycles. The number of esters is 2. The zero-order chi connectivity index (χ0) is 23.6. The van der Waals surface area contributed by atoms with Crippen LogP contribution in [-0.2, 0) is 20.9 Å². The van der Waals surface area contributed by atoms with Gasteiger partial charge in [-0.3, -0.25) is 4.79 Å². The molecule has 0 unspecified atom stereocenters. The number of carbonyl (C=O) groups excluding carboxylic acids is 2. The average molecular weight is 451 g/mol. The van der Waals surface area contributed by atoms with Crippen LogP contribution in [0.3, 0.4) is 0 Å². The molecule has 1 saturated carbocycles. The maximum Gasteiger partial charge on any atom is 0.331 e. The summed E-state index contributed by atoms with van der Waals surface area (Å²) in [5.41, 5.74) is 14.1. The third kappa shape index (κ3) is 7.67. The third-order valence-electron chi connectivity index (χ3n) is 6.20. The summed E-state index contributed by atoms with van der Waals surface area (Å²) in [4.78, 5) is 24.5. The van der Waals surface area contributed by atoms with E-state index in [0.29, 0.717) is 22.7 Å². The molecule has 176 valence electrons. The molecule has 0 radical (unpaired) electrons. The summed E-state index contributed by atoms with van der Waals surface area (Å²) in [6, 6.07) is 12.2. The summed E-state index contributed by atoms with van der Waals surface area (Å²) in [5.74, 6) is 0.656. The predicted molar refractivity (Wildman–Crippen MR) is 131 cm³/mol. The number of unbranched alkanes of at least 4 members (excludes halogenated alkanes) is 1. The van der Waals surface area contributed by atoms with Crippen LogP contribution < -0.4 is 16.2 Å². The highest BCUT2D eigenvalue weighted by Crippen LogP contribution is 2.32. The Bertz CT molecular complexity index is 961. The van der Waals surface area contributed by atoms with Crippen LogP contribution in [0.25, 0.3) is 6.08 Å². The zero-order valence-electron chi connectivity index (χ0n) is 19.3. The number of carbonyl (C=O) groups is 2. The Labute approximate surface area is 195 Å². The molecular weight excluding hydrogens is 416 g/mol. The van der Waals surface area contributed by atoms with E-state index in [1.54, 1.807) is 48.5 Å². The predicted octanol–water partition coefficient (Wildman–Crippen LogP) is 5.51. The number of nitrogens with two attached hydrogens (primary N) is 2. The molecule has 0 spiro atoms. The fourth-order valence-electron chi connectivity index (χ4n) is 4.13. The lowest BCUT2D eigenvalue weighted by atomic mass is 9.80. The molecule has 6 heteroatoms. The number of benzene rings is 2. The summed E-state index contributed by atoms with van der Waals surface area (Å²) < 4.78 is 10.8. The van der Waals surface area contributed by atoms with E-state index in [1.807, 2.05) is 0 Å². The second kappa shape index (κ2) is 12.1. The quantitative estimate of drug-likeness (QED) is 0.226. The lowest BCUT2D eigenvalue weighted by Gasteiger charge is -2.27. The molecule has 0 saturated heterocycles. The van der Waals surface area contributed by atoms with Gasteiger partial charge in [-0.2, -0.15) is 0 Å². The lowest BCUT2D eigenvalue weighted by Crippen LogP contribution is -2.25. The molecular formula is C27H34N2O4. The second-order valence-corrected chi connectivity index (χ2v) is 8.75. The van der Waals surface area contributed by atoms with Gasteiger partial charge >= 0.3 is 11.9 Å². The second-order valence-electron chi connectivity index (χ2n) is 8.75. The summed E-state index contributed by atoms with van der Waals surface area (Å²) in [5, 5.41) is 0. The number of anilines is 2. The van der Waals surface area contributed by atoms with Crippen LogP contribution in [-0.4, -0.2) is 11.9 Å². The van der Waals surface area contributed by atoms with E-state index in [0.717, 1.165) is 37.2 Å². The van der Waals surface area contributed by atoms with Gasteiger partial charge in [0.1, 0.15) is 12.4 Å². The molecule has 0 bridgehead atoms. The van der Waals surface area contributed by atoms with E-state index in [9.17, 15) is 9.59 Å². The van der Waals surface area contributed by atoms with Crippen molar-refractivity contribution in [3.8, 4) is 5.75 Å². The first-order valence-corrected chi connectivity index (χ1v) is 11.7. The van der Waals surface area contributed by atoms with Crippen LogP contribution in [0, 0.1) is 11.8 Å². The fraction of sp³-hybridized carbons (Fsp3) is 0.407. The van der Waals surface area contributed by atoms with Gasteiger partial charge in [0.15, 0.2) is 0 Å². The Morgan fingerprint density at radius 1 is 1.03 bits per heavy atom. The highest BCUT2D eigenvalue weighted by Gasteiger charge is 2.27. The Balaban J connectivity index is 1.43. The van der Waals surface area contributed by atoms with Crippen molar-refractivity contribution < 1.29 is 19.1 Å². The zero-order valence-corrected chi connectivity index (χ0v) is 19.3. The van der Waals surface area contributed by atoms with Gasteiger partial charge in [0.25, 0.3) is 0 Å². The standard InChI is InChI=1S/C27H34N2O4/c1-2-3-4-19-5-10-21(11-6-19)27(31)33-24-14-7-20(8-15-24)9-16-26(30)32-18-22-12-13-23(28)17-25(22)29/h7-9,12-17,19,21H,2-6,10-11,18,28-29H2,1H3/b16-9+. The van der Waals surface area contributed by atoms with Gasteiger partial charge in [-0.15, -0.1) is 0 Å². The van der Waals surface area contributed by atoms with Gasteiger partial charge in [-0.25, -0.2) is 4.79 Å². The Kier molecular flexibility index (Phi) is 8.93. The summed E-state index contributed by atoms with van der Waals surface area (Å²) in [6.45, 7) is 2.29. The molecule has 0 amide bonds. The number of hydrogen-bond acceptors (Lipinski definition) is 6. The smallest absolute Gasteiger partial charge is 0.331 e. The van der Waals surface area contributed by atoms with Crippen molar-refractivity contribution in [2.24, 2.45) is 11.8 Å². The van der Waals surface area contributed by atoms with Crippen LogP contribution in [0.2, 0.25) is 0 Å². The van der Waals surface area contributed by atoms with Crippen molar-refractivity contribution in [2.45, 2.75) is 58.5 Å². The van der Waals surface area contributed by atoms with E-state index in [1.165, 1.54) is 25.3 Å². The van der Waals surface area contributed by atoms with E-state index in [4.69, 9.17) is 20.9 Å². The number of hydrogen-bond donors (Lipinski definition) is 2. The minimum absolute atomic E-state index is 0.00712. The molecule has 1 aliphatic rings. The van der Waals surface area contributed by atoms with E-state index >= 15 is 0 Å². The van der Waals surface area contributed by atoms with Crippen molar-refractivity contribution in [1.82, 2.24) is 0 Å². The monoisotopic (exact) mass is 450 g/mol. The first-order chi connectivity index (χ1) is 15.9. The van der Waals surface area contributed by atoms with Gasteiger partial charge in [-0.05, 0) is 67.5 Å². The molecule has 4 N–H and O–H groups in total. The van der Waals surface area contributed by atoms with Gasteiger partial charge in [0.2, 0.25) is 0 Å². The topological polar surface area (TPSA) is 105 Å². The number of ether oxygens (including phenoxy) is 2. The van der Waals surface area contributed by atoms with Crippen molar-refractivity contribution in [1.29, 1.82) is 0 Å². The molecule has 0 heterocycles. The van der Waals surface area contributed by atoms with Gasteiger partial charge in [0, 0.05) is 23.0 Å². The molecule has 6 nitrogen and oxygen atoms in total. The van der Waals surface area contributed by atoms with E-state index in [2.05, 4.69) is 6.92 Å². The molecule has 33 heavy (non-hydrogen) atoms. The van der Waals surface area contributed by atoms with Crippen molar-refractivity contribution in [3.05, 3.63) is 59.7 Å². The Morgan fingerprint density at radius 3 is 2.42 bits per heavy atom. The summed E-state index contributed by atoms with van der Waals surface area (Å²) >= 11 is 0. The maximum absolute atomic E-state index is 12.5. The van der Waals surface area contributed by atoms with Gasteiger partial charge in [-0.1, -0.05) is 44.4 Å². The molecule has 2 aromatic rings. The minimum atomic E-state index is -0.476. The highest BCUT2D eigenvalue weighted by molar-refractivity contribution is 5.87. The molecule has 1 fully saturated rings. The highest BCUT2D eigenvalue weighted by atomic mass is 16.5. The van der Waals surface area contributed by atoms with Crippen LogP contribution in [0.1, 0.15) is 63.0 Å². The van der Waals surface area contributed by atoms with Crippen molar-refractivity contribution in [2.75, 3.05) is 11.5 Å². The molecule has 0 aromatic heterocycles. The summed E-state index contributed by atoms with van der Waals surface area (Å²) in [7, 11) is 0. The van der Waals surface area contributed by atoms with E-state index in [-0.39, 0.29) is 18.5 Å². The van der Waals surface area contributed by atoms with Crippen LogP contribution in [0.15, 0.2) is 48.5 Å². The normalized spacial score (nSPS) is 18.2. The first-order valence-electron chi connectivity index (χ1n) is 11.7. The van der Waals surface area contributed by atoms with Gasteiger partial charge < -0.3 is 20.9 Å². The lowest BCUT2D eigenvalue weighted by molar-refractivity contribution is -0.140. The first kappa shape index (κ1) is 24.4. The minimum Gasteiger partial charge on any atom is -0.458 e. The van der Waals surface area contributed by atoms with Crippen LogP contribution >= 0.6 is 0 Å². The molecule has 0 aliphatic heterocycles. The fourth-order valence-corrected chi connectivity index (χ4v) is 4.13. The molecule has 1 aliphatic carbocycles. The van der Waals surface area contributed by atoms with Gasteiger partial charge in [0.05, 0.1) is 5.92 Å². The molecule has 3 rings (SSSR count). The Hall–Kier alpha value is -3.28. The Morgan fingerprint density at radius 2 is 1.76 bits per heavy atom. The SMILES string of the molecule is CCCCC1CCC(C(=O)Oc2ccc(/C=C/C(=O)OCc3ccc(N)cc3N)cc2)CC1. The van der Waals surface area contributed by atoms with Crippen molar-refractivity contribution >= 4 is 29.4 Å². The summed E-state index contributed by atoms with van der Waals surface area (Å²) in [6.07, 6.45) is 10.8. The van der Waals surface area contributed by atoms with E-state index < -0.39 is 5.97 Å². The average Bonchev–Trinajstić information content (AvgIpc) is 2.82. The van der Waals surface area contributed by atoms with Crippen LogP contribution in [0.5, 0.6) is 5.75 Å². The number of nitrogen functional groups attached to an aromatic ring is 2. The third-order valence-corrected chi connectivity index (χ3v) is 6.20. The largest absolute Gasteiger partial charge is 0.458 e.